The maximum absolute atomic E-state index is 11.3. The minimum Gasteiger partial charge on any atom is -0.465 e. The van der Waals surface area contributed by atoms with E-state index in [1.807, 2.05) is 19.1 Å². The highest BCUT2D eigenvalue weighted by Crippen LogP contribution is 2.32. The van der Waals surface area contributed by atoms with Crippen LogP contribution in [0, 0.1) is 17.0 Å². The fourth-order valence-corrected chi connectivity index (χ4v) is 2.65. The van der Waals surface area contributed by atoms with E-state index in [-0.39, 0.29) is 11.7 Å². The molecule has 0 radical (unpaired) electrons. The molecule has 0 aliphatic heterocycles. The highest BCUT2D eigenvalue weighted by atomic mass is 32.2. The van der Waals surface area contributed by atoms with Crippen molar-refractivity contribution in [2.24, 2.45) is 0 Å². The van der Waals surface area contributed by atoms with Gasteiger partial charge >= 0.3 is 5.97 Å². The van der Waals surface area contributed by atoms with Gasteiger partial charge in [-0.2, -0.15) is 0 Å². The molecule has 0 aliphatic carbocycles. The number of carbonyl (C=O) groups excluding carboxylic acids is 1. The molecular formula is C15H13NO4S. The average Bonchev–Trinajstić information content (AvgIpc) is 2.49. The maximum atomic E-state index is 11.3. The SMILES string of the molecule is COC(=O)c1ccc(Sc2ccc([N+](=O)[O-])cc2C)cc1. The third-order valence-corrected chi connectivity index (χ3v) is 4.06. The van der Waals surface area contributed by atoms with E-state index in [1.165, 1.54) is 24.9 Å². The zero-order valence-corrected chi connectivity index (χ0v) is 12.3. The molecule has 0 bridgehead atoms. The van der Waals surface area contributed by atoms with Gasteiger partial charge in [0.1, 0.15) is 0 Å². The number of hydrogen-bond donors (Lipinski definition) is 0. The highest BCUT2D eigenvalue weighted by Gasteiger charge is 2.10. The molecule has 0 unspecified atom stereocenters. The molecule has 2 rings (SSSR count). The summed E-state index contributed by atoms with van der Waals surface area (Å²) >= 11 is 1.49. The van der Waals surface area contributed by atoms with E-state index in [2.05, 4.69) is 4.74 Å². The first-order valence-corrected chi connectivity index (χ1v) is 6.94. The quantitative estimate of drug-likeness (QED) is 0.487. The number of rotatable bonds is 4. The molecule has 0 saturated carbocycles. The number of nitrogens with zero attached hydrogens (tertiary/aromatic N) is 1. The van der Waals surface area contributed by atoms with E-state index >= 15 is 0 Å². The lowest BCUT2D eigenvalue weighted by molar-refractivity contribution is -0.385. The molecule has 0 aromatic heterocycles. The molecule has 0 aliphatic rings. The van der Waals surface area contributed by atoms with Crippen molar-refractivity contribution in [1.82, 2.24) is 0 Å². The van der Waals surface area contributed by atoms with Crippen molar-refractivity contribution in [3.63, 3.8) is 0 Å². The largest absolute Gasteiger partial charge is 0.465 e. The second-order valence-electron chi connectivity index (χ2n) is 4.32. The number of benzene rings is 2. The molecule has 2 aromatic rings. The van der Waals surface area contributed by atoms with Crippen molar-refractivity contribution >= 4 is 23.4 Å². The van der Waals surface area contributed by atoms with Crippen LogP contribution in [-0.4, -0.2) is 18.0 Å². The molecular weight excluding hydrogens is 290 g/mol. The minimum absolute atomic E-state index is 0.0814. The Hall–Kier alpha value is -2.34. The monoisotopic (exact) mass is 303 g/mol. The summed E-state index contributed by atoms with van der Waals surface area (Å²) < 4.78 is 4.64. The normalized spacial score (nSPS) is 10.2. The first-order valence-electron chi connectivity index (χ1n) is 6.12. The summed E-state index contributed by atoms with van der Waals surface area (Å²) in [5.74, 6) is -0.377. The van der Waals surface area contributed by atoms with E-state index < -0.39 is 4.92 Å². The van der Waals surface area contributed by atoms with Gasteiger partial charge in [0.25, 0.3) is 5.69 Å². The topological polar surface area (TPSA) is 69.4 Å². The van der Waals surface area contributed by atoms with Crippen LogP contribution in [0.15, 0.2) is 52.3 Å². The number of hydrogen-bond acceptors (Lipinski definition) is 5. The molecule has 0 atom stereocenters. The summed E-state index contributed by atoms with van der Waals surface area (Å²) in [4.78, 5) is 23.5. The van der Waals surface area contributed by atoms with Crippen LogP contribution in [0.1, 0.15) is 15.9 Å². The van der Waals surface area contributed by atoms with Gasteiger partial charge in [0.05, 0.1) is 17.6 Å². The van der Waals surface area contributed by atoms with Gasteiger partial charge in [-0.25, -0.2) is 4.79 Å². The third-order valence-electron chi connectivity index (χ3n) is 2.87. The Kier molecular flexibility index (Phi) is 4.59. The Labute approximate surface area is 126 Å². The molecule has 5 nitrogen and oxygen atoms in total. The van der Waals surface area contributed by atoms with E-state index in [4.69, 9.17) is 0 Å². The molecule has 0 N–H and O–H groups in total. The number of non-ortho nitro benzene ring substituents is 1. The zero-order chi connectivity index (χ0) is 15.4. The predicted octanol–water partition coefficient (Wildman–Crippen LogP) is 3.84. The summed E-state index contributed by atoms with van der Waals surface area (Å²) in [6.45, 7) is 1.83. The van der Waals surface area contributed by atoms with Crippen LogP contribution in [-0.2, 0) is 4.74 Å². The smallest absolute Gasteiger partial charge is 0.337 e. The van der Waals surface area contributed by atoms with E-state index in [1.54, 1.807) is 24.3 Å². The van der Waals surface area contributed by atoms with Crippen LogP contribution in [0.4, 0.5) is 5.69 Å². The van der Waals surface area contributed by atoms with Crippen LogP contribution in [0.3, 0.4) is 0 Å². The Morgan fingerprint density at radius 3 is 2.38 bits per heavy atom. The van der Waals surface area contributed by atoms with Gasteiger partial charge in [-0.05, 0) is 42.8 Å². The second kappa shape index (κ2) is 6.41. The average molecular weight is 303 g/mol. The van der Waals surface area contributed by atoms with Crippen molar-refractivity contribution in [1.29, 1.82) is 0 Å². The number of methoxy groups -OCH3 is 1. The summed E-state index contributed by atoms with van der Waals surface area (Å²) in [5.41, 5.74) is 1.41. The fraction of sp³-hybridized carbons (Fsp3) is 0.133. The first kappa shape index (κ1) is 15.1. The predicted molar refractivity (Wildman–Crippen MR) is 79.7 cm³/mol. The second-order valence-corrected chi connectivity index (χ2v) is 5.44. The fourth-order valence-electron chi connectivity index (χ4n) is 1.77. The standard InChI is InChI=1S/C15H13NO4S/c1-10-9-12(16(18)19)5-8-14(10)21-13-6-3-11(4-7-13)15(17)20-2/h3-9H,1-2H3. The van der Waals surface area contributed by atoms with Gasteiger partial charge in [-0.1, -0.05) is 11.8 Å². The molecule has 0 fully saturated rings. The molecule has 6 heteroatoms. The Morgan fingerprint density at radius 2 is 1.86 bits per heavy atom. The molecule has 108 valence electrons. The maximum Gasteiger partial charge on any atom is 0.337 e. The van der Waals surface area contributed by atoms with Crippen molar-refractivity contribution in [2.45, 2.75) is 16.7 Å². The Bertz CT molecular complexity index is 683. The van der Waals surface area contributed by atoms with Crippen LogP contribution in [0.25, 0.3) is 0 Å². The van der Waals surface area contributed by atoms with Gasteiger partial charge in [-0.15, -0.1) is 0 Å². The van der Waals surface area contributed by atoms with Crippen LogP contribution >= 0.6 is 11.8 Å². The van der Waals surface area contributed by atoms with E-state index in [9.17, 15) is 14.9 Å². The van der Waals surface area contributed by atoms with Gasteiger partial charge in [0.15, 0.2) is 0 Å². The number of carbonyl (C=O) groups is 1. The zero-order valence-electron chi connectivity index (χ0n) is 11.5. The van der Waals surface area contributed by atoms with Crippen molar-refractivity contribution in [2.75, 3.05) is 7.11 Å². The lowest BCUT2D eigenvalue weighted by atomic mass is 10.2. The molecule has 0 heterocycles. The van der Waals surface area contributed by atoms with E-state index in [0.29, 0.717) is 5.56 Å². The van der Waals surface area contributed by atoms with Crippen LogP contribution in [0.2, 0.25) is 0 Å². The van der Waals surface area contributed by atoms with Crippen LogP contribution in [0.5, 0.6) is 0 Å². The van der Waals surface area contributed by atoms with Gasteiger partial charge < -0.3 is 4.74 Å². The summed E-state index contributed by atoms with van der Waals surface area (Å²) in [5, 5.41) is 10.7. The molecule has 0 spiro atoms. The number of ether oxygens (including phenoxy) is 1. The van der Waals surface area contributed by atoms with Crippen LogP contribution < -0.4 is 0 Å². The van der Waals surface area contributed by atoms with Gasteiger partial charge in [0, 0.05) is 21.9 Å². The third kappa shape index (κ3) is 3.61. The summed E-state index contributed by atoms with van der Waals surface area (Å²) in [6, 6.07) is 11.8. The van der Waals surface area contributed by atoms with Crippen molar-refractivity contribution in [3.05, 3.63) is 63.7 Å². The number of nitro groups is 1. The highest BCUT2D eigenvalue weighted by molar-refractivity contribution is 7.99. The number of nitro benzene ring substituents is 1. The molecule has 2 aromatic carbocycles. The Morgan fingerprint density at radius 1 is 1.19 bits per heavy atom. The molecule has 0 saturated heterocycles. The number of esters is 1. The number of aryl methyl sites for hydroxylation is 1. The first-order chi connectivity index (χ1) is 10.0. The summed E-state index contributed by atoms with van der Waals surface area (Å²) in [7, 11) is 1.34. The Balaban J connectivity index is 2.18. The van der Waals surface area contributed by atoms with Crippen molar-refractivity contribution in [3.8, 4) is 0 Å². The van der Waals surface area contributed by atoms with Gasteiger partial charge in [-0.3, -0.25) is 10.1 Å². The molecule has 21 heavy (non-hydrogen) atoms. The van der Waals surface area contributed by atoms with E-state index in [0.717, 1.165) is 15.4 Å². The lowest BCUT2D eigenvalue weighted by Gasteiger charge is -2.06. The van der Waals surface area contributed by atoms with Crippen molar-refractivity contribution < 1.29 is 14.5 Å². The minimum atomic E-state index is -0.410. The molecule has 0 amide bonds. The van der Waals surface area contributed by atoms with Gasteiger partial charge in [0.2, 0.25) is 0 Å². The lowest BCUT2D eigenvalue weighted by Crippen LogP contribution is -2.00. The summed E-state index contributed by atoms with van der Waals surface area (Å²) in [6.07, 6.45) is 0.